The molecular weight excluding hydrogens is 458 g/mol. The van der Waals surface area contributed by atoms with Gasteiger partial charge in [-0.25, -0.2) is 0 Å². The number of hydrogen-bond donors (Lipinski definition) is 3. The van der Waals surface area contributed by atoms with E-state index in [1.165, 1.54) is 0 Å². The van der Waals surface area contributed by atoms with Gasteiger partial charge in [0.05, 0.1) is 30.1 Å². The molecule has 6 atom stereocenters. The molecule has 0 aliphatic carbocycles. The number of fused-ring (bicyclic) bond motifs is 1. The van der Waals surface area contributed by atoms with Crippen molar-refractivity contribution in [2.24, 2.45) is 11.8 Å². The van der Waals surface area contributed by atoms with Crippen molar-refractivity contribution >= 4 is 17.7 Å². The number of carbonyl (C=O) groups excluding carboxylic acids is 3. The molecule has 0 radical (unpaired) electrons. The molecule has 3 saturated heterocycles. The van der Waals surface area contributed by atoms with Gasteiger partial charge in [-0.3, -0.25) is 14.4 Å². The van der Waals surface area contributed by atoms with Crippen LogP contribution in [0.5, 0.6) is 0 Å². The van der Waals surface area contributed by atoms with Crippen LogP contribution >= 0.6 is 0 Å². The lowest BCUT2D eigenvalue weighted by molar-refractivity contribution is -0.149. The summed E-state index contributed by atoms with van der Waals surface area (Å²) in [6.45, 7) is 6.75. The Hall–Kier alpha value is -2.45. The van der Waals surface area contributed by atoms with Crippen LogP contribution in [-0.2, 0) is 25.5 Å². The minimum absolute atomic E-state index is 0.188. The molecular formula is C28H41N3O5. The normalized spacial score (nSPS) is 31.4. The molecule has 1 spiro atoms. The summed E-state index contributed by atoms with van der Waals surface area (Å²) in [7, 11) is 0. The molecule has 4 rings (SSSR count). The quantitative estimate of drug-likeness (QED) is 0.382. The van der Waals surface area contributed by atoms with Gasteiger partial charge in [0.25, 0.3) is 0 Å². The van der Waals surface area contributed by atoms with E-state index in [0.717, 1.165) is 31.2 Å². The lowest BCUT2D eigenvalue weighted by Crippen LogP contribution is -2.58. The molecule has 3 amide bonds. The molecule has 0 saturated carbocycles. The lowest BCUT2D eigenvalue weighted by Gasteiger charge is -2.37. The molecule has 0 aromatic heterocycles. The molecule has 3 fully saturated rings. The van der Waals surface area contributed by atoms with Crippen molar-refractivity contribution in [2.75, 3.05) is 19.7 Å². The van der Waals surface area contributed by atoms with E-state index in [1.807, 2.05) is 44.2 Å². The van der Waals surface area contributed by atoms with Crippen molar-refractivity contribution in [1.29, 1.82) is 0 Å². The predicted molar refractivity (Wildman–Crippen MR) is 136 cm³/mol. The zero-order valence-corrected chi connectivity index (χ0v) is 21.8. The molecule has 3 aliphatic heterocycles. The first-order valence-corrected chi connectivity index (χ1v) is 13.6. The van der Waals surface area contributed by atoms with Gasteiger partial charge in [-0.1, -0.05) is 57.0 Å². The molecule has 198 valence electrons. The average Bonchev–Trinajstić information content (AvgIpc) is 3.45. The number of ether oxygens (including phenoxy) is 1. The summed E-state index contributed by atoms with van der Waals surface area (Å²) < 4.78 is 6.63. The lowest BCUT2D eigenvalue weighted by atomic mass is 9.66. The number of nitrogens with zero attached hydrogens (tertiary/aromatic N) is 1. The fourth-order valence-corrected chi connectivity index (χ4v) is 6.64. The molecule has 3 aliphatic rings. The van der Waals surface area contributed by atoms with Crippen LogP contribution in [0.25, 0.3) is 0 Å². The van der Waals surface area contributed by atoms with Crippen molar-refractivity contribution in [2.45, 2.75) is 89.0 Å². The molecule has 2 unspecified atom stereocenters. The maximum atomic E-state index is 14.2. The monoisotopic (exact) mass is 499 g/mol. The number of nitrogens with one attached hydrogen (secondary N) is 2. The number of hydrogen-bond acceptors (Lipinski definition) is 5. The van der Waals surface area contributed by atoms with Gasteiger partial charge in [0.2, 0.25) is 17.7 Å². The van der Waals surface area contributed by atoms with E-state index in [9.17, 15) is 19.5 Å². The van der Waals surface area contributed by atoms with Gasteiger partial charge in [-0.05, 0) is 44.6 Å². The van der Waals surface area contributed by atoms with Gasteiger partial charge in [0.15, 0.2) is 0 Å². The highest BCUT2D eigenvalue weighted by molar-refractivity contribution is 5.99. The van der Waals surface area contributed by atoms with Crippen molar-refractivity contribution < 1.29 is 24.2 Å². The summed E-state index contributed by atoms with van der Waals surface area (Å²) in [6.07, 6.45) is 5.24. The standard InChI is InChI=1S/C28H41N3O5/c1-4-6-10-16-30-25(34)23-28-14-13-27(3,36-28)21(24(33)29-15-5-2)22(28)26(35)31(23)20(18-32)17-19-11-8-7-9-12-19/h7-9,11-12,20-23,32H,4-6,10,13-18H2,1-3H3,(H,29,33)(H,30,34)/t20-,21-,22+,23?,27+,28?/m1/s1. The minimum atomic E-state index is -1.07. The van der Waals surface area contributed by atoms with Crippen molar-refractivity contribution in [1.82, 2.24) is 15.5 Å². The molecule has 8 heteroatoms. The Labute approximate surface area is 214 Å². The fourth-order valence-electron chi connectivity index (χ4n) is 6.64. The topological polar surface area (TPSA) is 108 Å². The number of aliphatic hydroxyl groups is 1. The van der Waals surface area contributed by atoms with Crippen LogP contribution in [-0.4, -0.2) is 70.7 Å². The van der Waals surface area contributed by atoms with E-state index in [-0.39, 0.29) is 24.3 Å². The highest BCUT2D eigenvalue weighted by Gasteiger charge is 2.78. The third-order valence-electron chi connectivity index (χ3n) is 8.29. The summed E-state index contributed by atoms with van der Waals surface area (Å²) >= 11 is 0. The predicted octanol–water partition coefficient (Wildman–Crippen LogP) is 2.19. The first-order chi connectivity index (χ1) is 17.3. The molecule has 8 nitrogen and oxygen atoms in total. The number of aliphatic hydroxyl groups excluding tert-OH is 1. The second-order valence-electron chi connectivity index (χ2n) is 10.8. The zero-order chi connectivity index (χ0) is 25.9. The minimum Gasteiger partial charge on any atom is -0.394 e. The first-order valence-electron chi connectivity index (χ1n) is 13.6. The summed E-state index contributed by atoms with van der Waals surface area (Å²) in [5.41, 5.74) is -0.895. The van der Waals surface area contributed by atoms with Gasteiger partial charge in [-0.2, -0.15) is 0 Å². The zero-order valence-electron chi connectivity index (χ0n) is 21.8. The molecule has 2 bridgehead atoms. The highest BCUT2D eigenvalue weighted by atomic mass is 16.5. The molecule has 1 aromatic rings. The Kier molecular flexibility index (Phi) is 8.05. The first kappa shape index (κ1) is 26.6. The highest BCUT2D eigenvalue weighted by Crippen LogP contribution is 2.63. The Morgan fingerprint density at radius 1 is 1.08 bits per heavy atom. The van der Waals surface area contributed by atoms with E-state index >= 15 is 0 Å². The van der Waals surface area contributed by atoms with Crippen LogP contribution in [0.2, 0.25) is 0 Å². The van der Waals surface area contributed by atoms with Crippen LogP contribution < -0.4 is 10.6 Å². The molecule has 3 N–H and O–H groups in total. The Morgan fingerprint density at radius 2 is 1.81 bits per heavy atom. The Morgan fingerprint density at radius 3 is 2.47 bits per heavy atom. The second-order valence-corrected chi connectivity index (χ2v) is 10.8. The fraction of sp³-hybridized carbons (Fsp3) is 0.679. The van der Waals surface area contributed by atoms with Gasteiger partial charge in [0.1, 0.15) is 11.6 Å². The Bertz CT molecular complexity index is 956. The van der Waals surface area contributed by atoms with Gasteiger partial charge in [0, 0.05) is 13.1 Å². The summed E-state index contributed by atoms with van der Waals surface area (Å²) in [5, 5.41) is 16.4. The summed E-state index contributed by atoms with van der Waals surface area (Å²) in [6, 6.07) is 8.17. The van der Waals surface area contributed by atoms with Gasteiger partial charge in [-0.15, -0.1) is 0 Å². The number of amides is 3. The maximum Gasteiger partial charge on any atom is 0.245 e. The average molecular weight is 500 g/mol. The maximum absolute atomic E-state index is 14.2. The van der Waals surface area contributed by atoms with Crippen molar-refractivity contribution in [3.05, 3.63) is 35.9 Å². The second kappa shape index (κ2) is 10.9. The van der Waals surface area contributed by atoms with Crippen molar-refractivity contribution in [3.63, 3.8) is 0 Å². The number of unbranched alkanes of at least 4 members (excludes halogenated alkanes) is 2. The van der Waals surface area contributed by atoms with E-state index in [2.05, 4.69) is 17.6 Å². The van der Waals surface area contributed by atoms with Crippen LogP contribution in [0, 0.1) is 11.8 Å². The smallest absolute Gasteiger partial charge is 0.245 e. The third-order valence-corrected chi connectivity index (χ3v) is 8.29. The Balaban J connectivity index is 1.70. The van der Waals surface area contributed by atoms with Gasteiger partial charge >= 0.3 is 0 Å². The van der Waals surface area contributed by atoms with E-state index in [1.54, 1.807) is 4.90 Å². The van der Waals surface area contributed by atoms with Crippen LogP contribution in [0.15, 0.2) is 30.3 Å². The van der Waals surface area contributed by atoms with Crippen LogP contribution in [0.1, 0.15) is 64.9 Å². The third kappa shape index (κ3) is 4.54. The summed E-state index contributed by atoms with van der Waals surface area (Å²) in [5.74, 6) is -2.12. The molecule has 3 heterocycles. The van der Waals surface area contributed by atoms with Crippen LogP contribution in [0.4, 0.5) is 0 Å². The van der Waals surface area contributed by atoms with Crippen LogP contribution in [0.3, 0.4) is 0 Å². The van der Waals surface area contributed by atoms with Gasteiger partial charge < -0.3 is 25.4 Å². The largest absolute Gasteiger partial charge is 0.394 e. The molecule has 1 aromatic carbocycles. The van der Waals surface area contributed by atoms with E-state index in [4.69, 9.17) is 4.74 Å². The SMILES string of the molecule is CCCCCNC(=O)C1N([C@@H](CO)Cc2ccccc2)C(=O)[C@@H]2[C@H](C(=O)NCCC)[C@]3(C)CCC12O3. The number of carbonyl (C=O) groups is 3. The van der Waals surface area contributed by atoms with Crippen molar-refractivity contribution in [3.8, 4) is 0 Å². The van der Waals surface area contributed by atoms with E-state index < -0.39 is 35.1 Å². The number of likely N-dealkylation sites (tertiary alicyclic amines) is 1. The molecule has 36 heavy (non-hydrogen) atoms. The number of rotatable bonds is 12. The summed E-state index contributed by atoms with van der Waals surface area (Å²) in [4.78, 5) is 42.8. The number of benzene rings is 1. The van der Waals surface area contributed by atoms with E-state index in [0.29, 0.717) is 32.4 Å².